The van der Waals surface area contributed by atoms with Gasteiger partial charge in [0.1, 0.15) is 5.69 Å². The molecule has 1 aromatic carbocycles. The first-order valence-electron chi connectivity index (χ1n) is 7.87. The van der Waals surface area contributed by atoms with Crippen LogP contribution < -0.4 is 0 Å². The number of aromatic amines is 1. The number of carbonyl (C=O) groups excluding carboxylic acids is 2. The molecule has 2 rings (SSSR count). The lowest BCUT2D eigenvalue weighted by Crippen LogP contribution is -2.32. The van der Waals surface area contributed by atoms with Crippen molar-refractivity contribution in [2.24, 2.45) is 0 Å². The molecule has 0 aliphatic rings. The molecule has 1 heterocycles. The summed E-state index contributed by atoms with van der Waals surface area (Å²) in [6, 6.07) is 9.49. The zero-order valence-corrected chi connectivity index (χ0v) is 13.8. The topological polar surface area (TPSA) is 62.4 Å². The van der Waals surface area contributed by atoms with Crippen LogP contribution in [0, 0.1) is 0 Å². The molecule has 5 heteroatoms. The molecular weight excluding hydrogens is 292 g/mol. The maximum atomic E-state index is 12.7. The fourth-order valence-corrected chi connectivity index (χ4v) is 2.52. The highest BCUT2D eigenvalue weighted by molar-refractivity contribution is 6.08. The van der Waals surface area contributed by atoms with Gasteiger partial charge in [-0.05, 0) is 26.3 Å². The number of rotatable bonds is 6. The molecule has 1 amide bonds. The average Bonchev–Trinajstić information content (AvgIpc) is 3.02. The van der Waals surface area contributed by atoms with E-state index in [-0.39, 0.29) is 18.2 Å². The maximum absolute atomic E-state index is 12.7. The molecule has 1 aromatic heterocycles. The van der Waals surface area contributed by atoms with Crippen LogP contribution in [0.2, 0.25) is 0 Å². The van der Waals surface area contributed by atoms with Crippen LogP contribution in [0.25, 0.3) is 11.1 Å². The summed E-state index contributed by atoms with van der Waals surface area (Å²) in [6.45, 7) is 6.99. The minimum Gasteiger partial charge on any atom is -0.462 e. The normalized spacial score (nSPS) is 10.4. The van der Waals surface area contributed by atoms with Crippen molar-refractivity contribution in [3.05, 3.63) is 47.8 Å². The van der Waals surface area contributed by atoms with E-state index < -0.39 is 5.97 Å². The van der Waals surface area contributed by atoms with Gasteiger partial charge in [0.25, 0.3) is 5.91 Å². The molecule has 0 radical (unpaired) electrons. The van der Waals surface area contributed by atoms with Gasteiger partial charge in [-0.25, -0.2) is 4.79 Å². The maximum Gasteiger partial charge on any atom is 0.341 e. The highest BCUT2D eigenvalue weighted by atomic mass is 16.5. The fourth-order valence-electron chi connectivity index (χ4n) is 2.52. The molecule has 0 spiro atoms. The van der Waals surface area contributed by atoms with Crippen molar-refractivity contribution in [1.29, 1.82) is 0 Å². The number of ether oxygens (including phenoxy) is 1. The second-order valence-corrected chi connectivity index (χ2v) is 5.02. The second-order valence-electron chi connectivity index (χ2n) is 5.02. The van der Waals surface area contributed by atoms with Gasteiger partial charge in [0.05, 0.1) is 12.2 Å². The summed E-state index contributed by atoms with van der Waals surface area (Å²) in [5.41, 5.74) is 2.13. The molecular formula is C18H22N2O3. The van der Waals surface area contributed by atoms with Crippen LogP contribution in [0.4, 0.5) is 0 Å². The van der Waals surface area contributed by atoms with Crippen molar-refractivity contribution in [1.82, 2.24) is 9.88 Å². The van der Waals surface area contributed by atoms with E-state index in [2.05, 4.69) is 4.98 Å². The van der Waals surface area contributed by atoms with E-state index in [1.807, 2.05) is 44.2 Å². The Morgan fingerprint density at radius 1 is 1.09 bits per heavy atom. The van der Waals surface area contributed by atoms with E-state index >= 15 is 0 Å². The number of esters is 1. The number of H-pyrrole nitrogens is 1. The van der Waals surface area contributed by atoms with Gasteiger partial charge in [-0.1, -0.05) is 30.3 Å². The number of benzene rings is 1. The first-order chi connectivity index (χ1) is 11.1. The lowest BCUT2D eigenvalue weighted by atomic mass is 10.0. The number of nitrogens with zero attached hydrogens (tertiary/aromatic N) is 1. The van der Waals surface area contributed by atoms with E-state index in [0.29, 0.717) is 24.2 Å². The quantitative estimate of drug-likeness (QED) is 0.832. The lowest BCUT2D eigenvalue weighted by Gasteiger charge is -2.18. The number of hydrogen-bond donors (Lipinski definition) is 1. The zero-order valence-electron chi connectivity index (χ0n) is 13.8. The molecule has 1 N–H and O–H groups in total. The summed E-state index contributed by atoms with van der Waals surface area (Å²) in [5.74, 6) is -0.677. The Morgan fingerprint density at radius 2 is 1.74 bits per heavy atom. The lowest BCUT2D eigenvalue weighted by molar-refractivity contribution is 0.0520. The Hall–Kier alpha value is -2.56. The monoisotopic (exact) mass is 314 g/mol. The summed E-state index contributed by atoms with van der Waals surface area (Å²) >= 11 is 0. The minimum absolute atomic E-state index is 0.194. The van der Waals surface area contributed by atoms with Crippen molar-refractivity contribution in [2.45, 2.75) is 20.8 Å². The predicted octanol–water partition coefficient (Wildman–Crippen LogP) is 3.34. The summed E-state index contributed by atoms with van der Waals surface area (Å²) in [5, 5.41) is 0. The van der Waals surface area contributed by atoms with Crippen LogP contribution in [0.3, 0.4) is 0 Å². The van der Waals surface area contributed by atoms with Crippen LogP contribution in [0.5, 0.6) is 0 Å². The van der Waals surface area contributed by atoms with Crippen molar-refractivity contribution in [3.8, 4) is 11.1 Å². The Morgan fingerprint density at radius 3 is 2.30 bits per heavy atom. The van der Waals surface area contributed by atoms with Crippen LogP contribution in [0.1, 0.15) is 41.6 Å². The molecule has 2 aromatic rings. The van der Waals surface area contributed by atoms with Gasteiger partial charge in [0, 0.05) is 24.8 Å². The first kappa shape index (κ1) is 16.8. The number of carbonyl (C=O) groups is 2. The molecule has 0 aliphatic heterocycles. The molecule has 0 atom stereocenters. The van der Waals surface area contributed by atoms with Gasteiger partial charge in [-0.2, -0.15) is 0 Å². The van der Waals surface area contributed by atoms with Gasteiger partial charge < -0.3 is 14.6 Å². The summed E-state index contributed by atoms with van der Waals surface area (Å²) in [7, 11) is 0. The van der Waals surface area contributed by atoms with E-state index in [9.17, 15) is 9.59 Å². The average molecular weight is 314 g/mol. The third kappa shape index (κ3) is 3.44. The molecule has 0 saturated carbocycles. The summed E-state index contributed by atoms with van der Waals surface area (Å²) in [6.07, 6.45) is 1.69. The van der Waals surface area contributed by atoms with Crippen LogP contribution in [0.15, 0.2) is 36.5 Å². The third-order valence-electron chi connectivity index (χ3n) is 3.71. The van der Waals surface area contributed by atoms with E-state index in [1.165, 1.54) is 0 Å². The number of nitrogens with one attached hydrogen (secondary N) is 1. The summed E-state index contributed by atoms with van der Waals surface area (Å²) < 4.78 is 5.16. The molecule has 0 fully saturated rings. The molecule has 0 saturated heterocycles. The van der Waals surface area contributed by atoms with Gasteiger partial charge in [0.2, 0.25) is 0 Å². The number of hydrogen-bond acceptors (Lipinski definition) is 3. The van der Waals surface area contributed by atoms with Gasteiger partial charge in [0.15, 0.2) is 0 Å². The zero-order chi connectivity index (χ0) is 16.8. The molecule has 0 bridgehead atoms. The fraction of sp³-hybridized carbons (Fsp3) is 0.333. The van der Waals surface area contributed by atoms with E-state index in [1.54, 1.807) is 18.0 Å². The SMILES string of the molecule is CCOC(=O)c1c(-c2ccccc2)c[nH]c1C(=O)N(CC)CC. The van der Waals surface area contributed by atoms with Gasteiger partial charge in [-0.15, -0.1) is 0 Å². The molecule has 5 nitrogen and oxygen atoms in total. The van der Waals surface area contributed by atoms with E-state index in [4.69, 9.17) is 4.74 Å². The van der Waals surface area contributed by atoms with Crippen molar-refractivity contribution in [2.75, 3.05) is 19.7 Å². The Bertz CT molecular complexity index is 673. The number of aromatic nitrogens is 1. The van der Waals surface area contributed by atoms with E-state index in [0.717, 1.165) is 5.56 Å². The molecule has 0 aliphatic carbocycles. The first-order valence-corrected chi connectivity index (χ1v) is 7.87. The predicted molar refractivity (Wildman–Crippen MR) is 89.4 cm³/mol. The molecule has 0 unspecified atom stereocenters. The Labute approximate surface area is 136 Å². The highest BCUT2D eigenvalue weighted by Gasteiger charge is 2.27. The highest BCUT2D eigenvalue weighted by Crippen LogP contribution is 2.27. The van der Waals surface area contributed by atoms with Crippen molar-refractivity contribution >= 4 is 11.9 Å². The van der Waals surface area contributed by atoms with Crippen LogP contribution >= 0.6 is 0 Å². The smallest absolute Gasteiger partial charge is 0.341 e. The van der Waals surface area contributed by atoms with Gasteiger partial charge >= 0.3 is 5.97 Å². The Kier molecular flexibility index (Phi) is 5.57. The molecule has 122 valence electrons. The van der Waals surface area contributed by atoms with Gasteiger partial charge in [-0.3, -0.25) is 4.79 Å². The third-order valence-corrected chi connectivity index (χ3v) is 3.71. The van der Waals surface area contributed by atoms with Crippen molar-refractivity contribution < 1.29 is 14.3 Å². The van der Waals surface area contributed by atoms with Crippen LogP contribution in [-0.2, 0) is 4.74 Å². The molecule has 23 heavy (non-hydrogen) atoms. The Balaban J connectivity index is 2.54. The second kappa shape index (κ2) is 7.63. The standard InChI is InChI=1S/C18H22N2O3/c1-4-20(5-2)17(21)16-15(18(22)23-6-3)14(12-19-16)13-10-8-7-9-11-13/h7-12,19H,4-6H2,1-3H3. The summed E-state index contributed by atoms with van der Waals surface area (Å²) in [4.78, 5) is 29.7. The largest absolute Gasteiger partial charge is 0.462 e. The van der Waals surface area contributed by atoms with Crippen LogP contribution in [-0.4, -0.2) is 41.5 Å². The van der Waals surface area contributed by atoms with Crippen molar-refractivity contribution in [3.63, 3.8) is 0 Å². The number of amides is 1. The minimum atomic E-state index is -0.483.